The maximum absolute atomic E-state index is 11.7. The molecular weight excluding hydrogens is 228 g/mol. The van der Waals surface area contributed by atoms with Crippen LogP contribution in [0.3, 0.4) is 0 Å². The van der Waals surface area contributed by atoms with E-state index in [1.807, 2.05) is 24.3 Å². The van der Waals surface area contributed by atoms with Gasteiger partial charge < -0.3 is 10.1 Å². The van der Waals surface area contributed by atoms with Crippen molar-refractivity contribution in [2.45, 2.75) is 20.3 Å². The smallest absolute Gasteiger partial charge is 0.224 e. The number of carbonyl (C=O) groups is 1. The number of rotatable bonds is 5. The highest BCUT2D eigenvalue weighted by Gasteiger charge is 2.17. The Hall–Kier alpha value is -2.02. The molecule has 1 aromatic rings. The Kier molecular flexibility index (Phi) is 4.73. The van der Waals surface area contributed by atoms with Crippen LogP contribution in [0.15, 0.2) is 24.3 Å². The van der Waals surface area contributed by atoms with Crippen LogP contribution in [0.5, 0.6) is 5.75 Å². The highest BCUT2D eigenvalue weighted by molar-refractivity contribution is 5.78. The summed E-state index contributed by atoms with van der Waals surface area (Å²) < 4.78 is 5.04. The topological polar surface area (TPSA) is 62.1 Å². The van der Waals surface area contributed by atoms with E-state index in [2.05, 4.69) is 11.4 Å². The predicted molar refractivity (Wildman–Crippen MR) is 69.1 cm³/mol. The minimum absolute atomic E-state index is 0.0801. The zero-order valence-electron chi connectivity index (χ0n) is 11.0. The first-order chi connectivity index (χ1) is 8.46. The lowest BCUT2D eigenvalue weighted by Gasteiger charge is -2.15. The number of nitrogens with one attached hydrogen (secondary N) is 1. The van der Waals surface area contributed by atoms with Crippen LogP contribution < -0.4 is 10.1 Å². The van der Waals surface area contributed by atoms with E-state index >= 15 is 0 Å². The molecule has 0 aromatic heterocycles. The second kappa shape index (κ2) is 6.06. The van der Waals surface area contributed by atoms with Crippen LogP contribution >= 0.6 is 0 Å². The summed E-state index contributed by atoms with van der Waals surface area (Å²) in [5, 5.41) is 11.6. The summed E-state index contributed by atoms with van der Waals surface area (Å²) in [7, 11) is 1.60. The molecule has 0 spiro atoms. The molecule has 1 amide bonds. The van der Waals surface area contributed by atoms with Crippen molar-refractivity contribution in [3.05, 3.63) is 29.8 Å². The highest BCUT2D eigenvalue weighted by atomic mass is 16.5. The maximum Gasteiger partial charge on any atom is 0.224 e. The number of methoxy groups -OCH3 is 1. The molecule has 0 saturated carbocycles. The van der Waals surface area contributed by atoms with E-state index in [1.165, 1.54) is 0 Å². The van der Waals surface area contributed by atoms with Gasteiger partial charge in [0.25, 0.3) is 0 Å². The predicted octanol–water partition coefficient (Wildman–Crippen LogP) is 1.90. The summed E-state index contributed by atoms with van der Waals surface area (Å²) in [6, 6.07) is 9.50. The van der Waals surface area contributed by atoms with Crippen LogP contribution in [0.25, 0.3) is 0 Å². The number of nitrogens with zero attached hydrogens (tertiary/aromatic N) is 1. The van der Waals surface area contributed by atoms with Gasteiger partial charge in [0.15, 0.2) is 0 Å². The van der Waals surface area contributed by atoms with Crippen molar-refractivity contribution in [2.24, 2.45) is 5.41 Å². The molecule has 0 aliphatic rings. The van der Waals surface area contributed by atoms with Gasteiger partial charge in [0, 0.05) is 6.54 Å². The third-order valence-electron chi connectivity index (χ3n) is 2.55. The Bertz CT molecular complexity index is 444. The summed E-state index contributed by atoms with van der Waals surface area (Å²) in [6.45, 7) is 3.94. The summed E-state index contributed by atoms with van der Waals surface area (Å²) >= 11 is 0. The zero-order valence-corrected chi connectivity index (χ0v) is 11.0. The molecule has 0 atom stereocenters. The van der Waals surface area contributed by atoms with Crippen LogP contribution in [0.4, 0.5) is 0 Å². The number of hydrogen-bond acceptors (Lipinski definition) is 3. The SMILES string of the molecule is COc1ccc(CC(=O)NCC(C)(C)C#N)cc1. The zero-order chi connectivity index (χ0) is 13.6. The number of amides is 1. The number of nitriles is 1. The van der Waals surface area contributed by atoms with Gasteiger partial charge in [-0.25, -0.2) is 0 Å². The van der Waals surface area contributed by atoms with Crippen molar-refractivity contribution in [1.29, 1.82) is 5.26 Å². The molecule has 0 saturated heterocycles. The maximum atomic E-state index is 11.7. The molecule has 1 N–H and O–H groups in total. The van der Waals surface area contributed by atoms with Gasteiger partial charge in [-0.15, -0.1) is 0 Å². The second-order valence-electron chi connectivity index (χ2n) is 4.80. The minimum Gasteiger partial charge on any atom is -0.497 e. The molecule has 0 aliphatic heterocycles. The lowest BCUT2D eigenvalue weighted by Crippen LogP contribution is -2.34. The highest BCUT2D eigenvalue weighted by Crippen LogP contribution is 2.13. The molecule has 96 valence electrons. The molecule has 1 rings (SSSR count). The molecule has 18 heavy (non-hydrogen) atoms. The van der Waals surface area contributed by atoms with Gasteiger partial charge in [-0.05, 0) is 31.5 Å². The van der Waals surface area contributed by atoms with Crippen LogP contribution in [-0.2, 0) is 11.2 Å². The van der Waals surface area contributed by atoms with Gasteiger partial charge in [0.05, 0.1) is 25.0 Å². The number of ether oxygens (including phenoxy) is 1. The van der Waals surface area contributed by atoms with E-state index in [1.54, 1.807) is 21.0 Å². The Balaban J connectivity index is 2.47. The van der Waals surface area contributed by atoms with E-state index in [9.17, 15) is 4.79 Å². The Morgan fingerprint density at radius 3 is 2.50 bits per heavy atom. The molecule has 0 heterocycles. The number of hydrogen-bond donors (Lipinski definition) is 1. The van der Waals surface area contributed by atoms with E-state index in [4.69, 9.17) is 10.00 Å². The van der Waals surface area contributed by atoms with Crippen molar-refractivity contribution < 1.29 is 9.53 Å². The lowest BCUT2D eigenvalue weighted by atomic mass is 9.96. The molecule has 0 fully saturated rings. The monoisotopic (exact) mass is 246 g/mol. The van der Waals surface area contributed by atoms with Crippen LogP contribution in [0.2, 0.25) is 0 Å². The van der Waals surface area contributed by atoms with Gasteiger partial charge in [0.1, 0.15) is 5.75 Å². The van der Waals surface area contributed by atoms with Gasteiger partial charge in [0.2, 0.25) is 5.91 Å². The largest absolute Gasteiger partial charge is 0.497 e. The quantitative estimate of drug-likeness (QED) is 0.863. The number of benzene rings is 1. The van der Waals surface area contributed by atoms with E-state index in [0.29, 0.717) is 13.0 Å². The van der Waals surface area contributed by atoms with Crippen molar-refractivity contribution in [3.63, 3.8) is 0 Å². The lowest BCUT2D eigenvalue weighted by molar-refractivity contribution is -0.120. The fourth-order valence-electron chi connectivity index (χ4n) is 1.35. The molecule has 1 aromatic carbocycles. The average molecular weight is 246 g/mol. The molecule has 4 heteroatoms. The standard InChI is InChI=1S/C14H18N2O2/c1-14(2,9-15)10-16-13(17)8-11-4-6-12(18-3)7-5-11/h4-7H,8,10H2,1-3H3,(H,16,17). The Morgan fingerprint density at radius 2 is 2.00 bits per heavy atom. The molecular formula is C14H18N2O2. The minimum atomic E-state index is -0.532. The third-order valence-corrected chi connectivity index (χ3v) is 2.55. The first kappa shape index (κ1) is 14.0. The van der Waals surface area contributed by atoms with Gasteiger partial charge in [-0.1, -0.05) is 12.1 Å². The molecule has 0 unspecified atom stereocenters. The van der Waals surface area contributed by atoms with Crippen molar-refractivity contribution in [1.82, 2.24) is 5.32 Å². The van der Waals surface area contributed by atoms with Gasteiger partial charge in [-0.2, -0.15) is 5.26 Å². The summed E-state index contributed by atoms with van der Waals surface area (Å²) in [5.74, 6) is 0.688. The van der Waals surface area contributed by atoms with Gasteiger partial charge in [-0.3, -0.25) is 4.79 Å². The second-order valence-corrected chi connectivity index (χ2v) is 4.80. The molecule has 4 nitrogen and oxygen atoms in total. The Morgan fingerprint density at radius 1 is 1.39 bits per heavy atom. The van der Waals surface area contributed by atoms with Crippen LogP contribution in [0, 0.1) is 16.7 Å². The summed E-state index contributed by atoms with van der Waals surface area (Å²) in [4.78, 5) is 11.7. The summed E-state index contributed by atoms with van der Waals surface area (Å²) in [6.07, 6.45) is 0.311. The number of carbonyl (C=O) groups excluding carboxylic acids is 1. The molecule has 0 aliphatic carbocycles. The third kappa shape index (κ3) is 4.46. The first-order valence-corrected chi connectivity index (χ1v) is 5.78. The van der Waals surface area contributed by atoms with Crippen molar-refractivity contribution >= 4 is 5.91 Å². The molecule has 0 radical (unpaired) electrons. The Labute approximate surface area is 108 Å². The van der Waals surface area contributed by atoms with Crippen LogP contribution in [-0.4, -0.2) is 19.6 Å². The average Bonchev–Trinajstić information content (AvgIpc) is 2.37. The molecule has 0 bridgehead atoms. The van der Waals surface area contributed by atoms with E-state index in [-0.39, 0.29) is 5.91 Å². The van der Waals surface area contributed by atoms with E-state index < -0.39 is 5.41 Å². The first-order valence-electron chi connectivity index (χ1n) is 5.78. The van der Waals surface area contributed by atoms with Gasteiger partial charge >= 0.3 is 0 Å². The summed E-state index contributed by atoms with van der Waals surface area (Å²) in [5.41, 5.74) is 0.387. The van der Waals surface area contributed by atoms with E-state index in [0.717, 1.165) is 11.3 Å². The van der Waals surface area contributed by atoms with Crippen molar-refractivity contribution in [3.8, 4) is 11.8 Å². The normalized spacial score (nSPS) is 10.6. The fraction of sp³-hybridized carbons (Fsp3) is 0.429. The fourth-order valence-corrected chi connectivity index (χ4v) is 1.35. The van der Waals surface area contributed by atoms with Crippen molar-refractivity contribution in [2.75, 3.05) is 13.7 Å². The van der Waals surface area contributed by atoms with Crippen LogP contribution in [0.1, 0.15) is 19.4 Å².